The number of anilines is 1. The molecule has 0 N–H and O–H groups in total. The number of rotatable bonds is 4. The highest BCUT2D eigenvalue weighted by Gasteiger charge is 2.67. The van der Waals surface area contributed by atoms with Gasteiger partial charge in [-0.3, -0.25) is 4.79 Å². The fourth-order valence-electron chi connectivity index (χ4n) is 7.86. The molecule has 1 saturated carbocycles. The molecule has 3 aliphatic rings. The SMILES string of the molecule is CC(C)(C)OC(=O)N1CCN(c2ccc(C#Cc3ccc4c(n3)CN([C@H]3C(C)(C)[C@H](Oc5ccc(C#N)c(Cl)c5)C3(C)C)C4=O)cc2)CC1. The van der Waals surface area contributed by atoms with E-state index in [0.717, 1.165) is 30.0 Å². The first-order valence-corrected chi connectivity index (χ1v) is 17.0. The number of pyridine rings is 1. The van der Waals surface area contributed by atoms with Crippen molar-refractivity contribution in [2.24, 2.45) is 10.8 Å². The van der Waals surface area contributed by atoms with E-state index in [1.165, 1.54) is 0 Å². The molecule has 6 rings (SSSR count). The highest BCUT2D eigenvalue weighted by Crippen LogP contribution is 2.59. The molecule has 2 aromatic carbocycles. The standard InChI is InChI=1S/C39H42ClN5O4/c1-37(2,3)49-36(47)44-20-18-43(19-21-44)28-14-9-25(10-15-28)8-12-27-13-17-30-32(42-27)24-45(33(30)46)34-38(4,5)35(39(34,6)7)48-29-16-11-26(23-41)31(40)22-29/h9-11,13-17,22,34-35H,18-21,24H2,1-7H3/t34-,35-. The van der Waals surface area contributed by atoms with Gasteiger partial charge in [0.2, 0.25) is 0 Å². The molecule has 2 aliphatic heterocycles. The molecule has 1 aliphatic carbocycles. The van der Waals surface area contributed by atoms with E-state index in [9.17, 15) is 14.9 Å². The molecule has 0 atom stereocenters. The largest absolute Gasteiger partial charge is 0.489 e. The molecule has 1 aromatic heterocycles. The molecule has 0 radical (unpaired) electrons. The van der Waals surface area contributed by atoms with Crippen molar-refractivity contribution in [3.8, 4) is 23.7 Å². The maximum Gasteiger partial charge on any atom is 0.410 e. The number of hydrogen-bond donors (Lipinski definition) is 0. The number of fused-ring (bicyclic) bond motifs is 1. The van der Waals surface area contributed by atoms with Gasteiger partial charge in [0.15, 0.2) is 0 Å². The van der Waals surface area contributed by atoms with Crippen molar-refractivity contribution in [1.29, 1.82) is 5.26 Å². The number of carbonyl (C=O) groups excluding carboxylic acids is 2. The predicted octanol–water partition coefficient (Wildman–Crippen LogP) is 6.90. The Balaban J connectivity index is 1.09. The number of hydrogen-bond acceptors (Lipinski definition) is 7. The van der Waals surface area contributed by atoms with E-state index in [2.05, 4.69) is 62.6 Å². The second kappa shape index (κ2) is 12.6. The molecule has 0 spiro atoms. The third kappa shape index (κ3) is 6.65. The number of nitriles is 1. The van der Waals surface area contributed by atoms with Gasteiger partial charge >= 0.3 is 6.09 Å². The van der Waals surface area contributed by atoms with Crippen LogP contribution in [0.4, 0.5) is 10.5 Å². The Labute approximate surface area is 293 Å². The van der Waals surface area contributed by atoms with Crippen molar-refractivity contribution in [3.05, 3.63) is 87.7 Å². The van der Waals surface area contributed by atoms with Gasteiger partial charge in [-0.05, 0) is 75.2 Å². The van der Waals surface area contributed by atoms with Crippen LogP contribution in [-0.2, 0) is 11.3 Å². The van der Waals surface area contributed by atoms with Gasteiger partial charge in [0.05, 0.1) is 28.4 Å². The van der Waals surface area contributed by atoms with Crippen LogP contribution in [0.2, 0.25) is 5.02 Å². The highest BCUT2D eigenvalue weighted by molar-refractivity contribution is 6.31. The lowest BCUT2D eigenvalue weighted by molar-refractivity contribution is -0.199. The minimum Gasteiger partial charge on any atom is -0.489 e. The van der Waals surface area contributed by atoms with Crippen molar-refractivity contribution >= 4 is 29.3 Å². The summed E-state index contributed by atoms with van der Waals surface area (Å²) in [4.78, 5) is 36.8. The Morgan fingerprint density at radius 1 is 0.959 bits per heavy atom. The van der Waals surface area contributed by atoms with E-state index in [-0.39, 0.29) is 35.0 Å². The molecular weight excluding hydrogens is 638 g/mol. The summed E-state index contributed by atoms with van der Waals surface area (Å²) in [7, 11) is 0. The zero-order valence-electron chi connectivity index (χ0n) is 29.1. The van der Waals surface area contributed by atoms with E-state index in [1.807, 2.05) is 49.9 Å². The summed E-state index contributed by atoms with van der Waals surface area (Å²) in [6.45, 7) is 17.2. The normalized spacial score (nSPS) is 20.8. The zero-order chi connectivity index (χ0) is 35.3. The summed E-state index contributed by atoms with van der Waals surface area (Å²) in [6.07, 6.45) is -0.454. The minimum atomic E-state index is -0.506. The number of ether oxygens (including phenoxy) is 2. The fourth-order valence-corrected chi connectivity index (χ4v) is 8.07. The van der Waals surface area contributed by atoms with Crippen LogP contribution in [0.25, 0.3) is 0 Å². The topological polar surface area (TPSA) is 99.0 Å². The van der Waals surface area contributed by atoms with Gasteiger partial charge in [0.1, 0.15) is 29.2 Å². The van der Waals surface area contributed by atoms with E-state index in [1.54, 1.807) is 23.1 Å². The van der Waals surface area contributed by atoms with E-state index in [4.69, 9.17) is 26.1 Å². The second-order valence-corrected chi connectivity index (χ2v) is 15.6. The lowest BCUT2D eigenvalue weighted by atomic mass is 9.49. The monoisotopic (exact) mass is 679 g/mol. The summed E-state index contributed by atoms with van der Waals surface area (Å²) in [5.41, 5.74) is 3.07. The second-order valence-electron chi connectivity index (χ2n) is 15.2. The van der Waals surface area contributed by atoms with Crippen LogP contribution in [-0.4, -0.2) is 70.7 Å². The zero-order valence-corrected chi connectivity index (χ0v) is 29.9. The van der Waals surface area contributed by atoms with Gasteiger partial charge in [0, 0.05) is 60.4 Å². The summed E-state index contributed by atoms with van der Waals surface area (Å²) < 4.78 is 11.9. The van der Waals surface area contributed by atoms with Crippen LogP contribution < -0.4 is 9.64 Å². The molecule has 1 saturated heterocycles. The number of aromatic nitrogens is 1. The minimum absolute atomic E-state index is 0.0319. The van der Waals surface area contributed by atoms with Gasteiger partial charge < -0.3 is 24.2 Å². The lowest BCUT2D eigenvalue weighted by Crippen LogP contribution is -2.74. The molecule has 10 heteroatoms. The summed E-state index contributed by atoms with van der Waals surface area (Å²) in [5, 5.41) is 9.57. The summed E-state index contributed by atoms with van der Waals surface area (Å²) in [6, 6.07) is 18.8. The first-order valence-electron chi connectivity index (χ1n) is 16.6. The van der Waals surface area contributed by atoms with E-state index < -0.39 is 5.60 Å². The van der Waals surface area contributed by atoms with Gasteiger partial charge in [-0.25, -0.2) is 9.78 Å². The quantitative estimate of drug-likeness (QED) is 0.277. The Hall–Kier alpha value is -4.73. The predicted molar refractivity (Wildman–Crippen MR) is 188 cm³/mol. The molecule has 9 nitrogen and oxygen atoms in total. The molecule has 254 valence electrons. The van der Waals surface area contributed by atoms with Crippen molar-refractivity contribution < 1.29 is 19.1 Å². The average molecular weight is 680 g/mol. The number of amides is 2. The van der Waals surface area contributed by atoms with Gasteiger partial charge in [0.25, 0.3) is 5.91 Å². The number of nitrogens with zero attached hydrogens (tertiary/aromatic N) is 5. The maximum atomic E-state index is 13.7. The van der Waals surface area contributed by atoms with Crippen LogP contribution in [0.15, 0.2) is 54.6 Å². The Morgan fingerprint density at radius 3 is 2.24 bits per heavy atom. The van der Waals surface area contributed by atoms with Gasteiger partial charge in [-0.1, -0.05) is 45.2 Å². The van der Waals surface area contributed by atoms with Crippen LogP contribution in [0.5, 0.6) is 5.75 Å². The Kier molecular flexibility index (Phi) is 8.79. The van der Waals surface area contributed by atoms with Crippen LogP contribution in [0.1, 0.15) is 81.3 Å². The lowest BCUT2D eigenvalue weighted by Gasteiger charge is -2.65. The van der Waals surface area contributed by atoms with Crippen molar-refractivity contribution in [2.45, 2.75) is 72.8 Å². The first kappa shape index (κ1) is 34.1. The van der Waals surface area contributed by atoms with Crippen molar-refractivity contribution in [2.75, 3.05) is 31.1 Å². The van der Waals surface area contributed by atoms with Crippen LogP contribution in [0, 0.1) is 34.0 Å². The summed E-state index contributed by atoms with van der Waals surface area (Å²) >= 11 is 6.26. The number of carbonyl (C=O) groups is 2. The average Bonchev–Trinajstić information content (AvgIpc) is 3.35. The first-order chi connectivity index (χ1) is 23.1. The molecule has 3 heterocycles. The van der Waals surface area contributed by atoms with E-state index in [0.29, 0.717) is 47.2 Å². The Bertz CT molecular complexity index is 1870. The molecule has 2 fully saturated rings. The maximum absolute atomic E-state index is 13.7. The molecule has 0 bridgehead atoms. The van der Waals surface area contributed by atoms with Crippen LogP contribution >= 0.6 is 11.6 Å². The molecule has 49 heavy (non-hydrogen) atoms. The van der Waals surface area contributed by atoms with Crippen molar-refractivity contribution in [3.63, 3.8) is 0 Å². The number of benzene rings is 2. The summed E-state index contributed by atoms with van der Waals surface area (Å²) in [5.74, 6) is 6.96. The van der Waals surface area contributed by atoms with Gasteiger partial charge in [-0.15, -0.1) is 0 Å². The van der Waals surface area contributed by atoms with Crippen LogP contribution in [0.3, 0.4) is 0 Å². The molecule has 0 unspecified atom stereocenters. The van der Waals surface area contributed by atoms with Crippen molar-refractivity contribution in [1.82, 2.24) is 14.8 Å². The smallest absolute Gasteiger partial charge is 0.410 e. The molecule has 2 amide bonds. The third-order valence-electron chi connectivity index (χ3n) is 9.67. The van der Waals surface area contributed by atoms with Gasteiger partial charge in [-0.2, -0.15) is 5.26 Å². The highest BCUT2D eigenvalue weighted by atomic mass is 35.5. The Morgan fingerprint density at radius 2 is 1.63 bits per heavy atom. The fraction of sp³-hybridized carbons (Fsp3) is 0.436. The molecule has 3 aromatic rings. The number of halogens is 1. The number of piperazine rings is 1. The van der Waals surface area contributed by atoms with E-state index >= 15 is 0 Å². The molecular formula is C39H42ClN5O4. The third-order valence-corrected chi connectivity index (χ3v) is 9.98.